The van der Waals surface area contributed by atoms with Crippen molar-refractivity contribution in [2.75, 3.05) is 18.2 Å². The Kier molecular flexibility index (Phi) is 5.90. The Balaban J connectivity index is 1.89. The first-order chi connectivity index (χ1) is 12.5. The average Bonchev–Trinajstić information content (AvgIpc) is 3.09. The summed E-state index contributed by atoms with van der Waals surface area (Å²) >= 11 is 2.69. The van der Waals surface area contributed by atoms with Gasteiger partial charge in [0.1, 0.15) is 6.61 Å². The summed E-state index contributed by atoms with van der Waals surface area (Å²) < 4.78 is 10.5. The quantitative estimate of drug-likeness (QED) is 0.788. The van der Waals surface area contributed by atoms with E-state index in [1.165, 1.54) is 23.3 Å². The van der Waals surface area contributed by atoms with Crippen molar-refractivity contribution in [2.45, 2.75) is 36.4 Å². The number of amides is 2. The van der Waals surface area contributed by atoms with E-state index in [0.717, 1.165) is 9.90 Å². The van der Waals surface area contributed by atoms with Crippen LogP contribution in [0.4, 0.5) is 5.95 Å². The summed E-state index contributed by atoms with van der Waals surface area (Å²) in [6.07, 6.45) is 1.06. The van der Waals surface area contributed by atoms with E-state index in [1.807, 2.05) is 50.4 Å². The maximum absolute atomic E-state index is 12.9. The lowest BCUT2D eigenvalue weighted by molar-refractivity contribution is -0.165. The number of aromatic nitrogens is 2. The van der Waals surface area contributed by atoms with Crippen LogP contribution in [0.25, 0.3) is 0 Å². The number of morpholine rings is 1. The molecular weight excluding hydrogens is 372 g/mol. The monoisotopic (exact) mass is 392 g/mol. The highest BCUT2D eigenvalue weighted by atomic mass is 32.2. The first-order valence-electron chi connectivity index (χ1n) is 8.17. The number of ether oxygens (including phenoxy) is 1. The van der Waals surface area contributed by atoms with Gasteiger partial charge in [-0.1, -0.05) is 42.1 Å². The van der Waals surface area contributed by atoms with Gasteiger partial charge >= 0.3 is 0 Å². The molecule has 26 heavy (non-hydrogen) atoms. The Morgan fingerprint density at radius 3 is 2.73 bits per heavy atom. The predicted octanol–water partition coefficient (Wildman–Crippen LogP) is 2.58. The van der Waals surface area contributed by atoms with Crippen molar-refractivity contribution in [1.29, 1.82) is 0 Å². The molecule has 9 heteroatoms. The Bertz CT molecular complexity index is 781. The van der Waals surface area contributed by atoms with Gasteiger partial charge in [0.05, 0.1) is 6.04 Å². The van der Waals surface area contributed by atoms with Crippen LogP contribution >= 0.6 is 23.3 Å². The van der Waals surface area contributed by atoms with E-state index >= 15 is 0 Å². The van der Waals surface area contributed by atoms with Crippen molar-refractivity contribution in [1.82, 2.24) is 14.3 Å². The molecule has 3 rings (SSSR count). The number of hydrogen-bond acceptors (Lipinski definition) is 7. The molecule has 1 aliphatic heterocycles. The zero-order valence-corrected chi connectivity index (χ0v) is 16.3. The van der Waals surface area contributed by atoms with Crippen molar-refractivity contribution in [3.8, 4) is 0 Å². The molecule has 1 aliphatic rings. The normalized spacial score (nSPS) is 20.5. The maximum Gasteiger partial charge on any atom is 0.258 e. The molecule has 1 aromatic heterocycles. The SMILES string of the molecule is CSc1nc(NC(=O)[C@H]2OCC(=O)N(C(C)C)[C@@H]2c2ccccc2)ns1. The van der Waals surface area contributed by atoms with Crippen molar-refractivity contribution in [3.63, 3.8) is 0 Å². The molecule has 138 valence electrons. The van der Waals surface area contributed by atoms with Crippen LogP contribution in [-0.2, 0) is 14.3 Å². The third-order valence-corrected chi connectivity index (χ3v) is 5.71. The highest BCUT2D eigenvalue weighted by Crippen LogP contribution is 2.32. The van der Waals surface area contributed by atoms with Crippen molar-refractivity contribution in [2.24, 2.45) is 0 Å². The van der Waals surface area contributed by atoms with Gasteiger partial charge in [0.25, 0.3) is 5.91 Å². The Hall–Kier alpha value is -1.97. The molecule has 2 heterocycles. The number of carbonyl (C=O) groups excluding carboxylic acids is 2. The van der Waals surface area contributed by atoms with Crippen LogP contribution in [-0.4, -0.2) is 51.1 Å². The van der Waals surface area contributed by atoms with Gasteiger partial charge in [-0.05, 0) is 37.2 Å². The molecule has 0 radical (unpaired) electrons. The summed E-state index contributed by atoms with van der Waals surface area (Å²) in [5, 5.41) is 2.71. The maximum atomic E-state index is 12.9. The number of nitrogens with one attached hydrogen (secondary N) is 1. The Labute approximate surface area is 160 Å². The number of rotatable bonds is 5. The van der Waals surface area contributed by atoms with Crippen LogP contribution in [0.3, 0.4) is 0 Å². The van der Waals surface area contributed by atoms with E-state index in [1.54, 1.807) is 4.90 Å². The van der Waals surface area contributed by atoms with Gasteiger partial charge in [0, 0.05) is 6.04 Å². The summed E-state index contributed by atoms with van der Waals surface area (Å²) in [6, 6.07) is 8.89. The fourth-order valence-corrected chi connectivity index (χ4v) is 3.93. The lowest BCUT2D eigenvalue weighted by atomic mass is 9.96. The van der Waals surface area contributed by atoms with Gasteiger partial charge in [-0.25, -0.2) is 0 Å². The molecule has 1 aromatic carbocycles. The molecule has 1 fully saturated rings. The summed E-state index contributed by atoms with van der Waals surface area (Å²) in [6.45, 7) is 3.74. The van der Waals surface area contributed by atoms with Gasteiger partial charge in [0.15, 0.2) is 10.4 Å². The van der Waals surface area contributed by atoms with E-state index in [-0.39, 0.29) is 30.4 Å². The lowest BCUT2D eigenvalue weighted by Gasteiger charge is -2.42. The minimum absolute atomic E-state index is 0.0626. The second kappa shape index (κ2) is 8.15. The average molecular weight is 393 g/mol. The molecule has 0 aliphatic carbocycles. The van der Waals surface area contributed by atoms with Gasteiger partial charge in [-0.3, -0.25) is 14.9 Å². The van der Waals surface area contributed by atoms with Crippen molar-refractivity contribution >= 4 is 41.1 Å². The molecule has 1 saturated heterocycles. The number of hydrogen-bond donors (Lipinski definition) is 1. The molecule has 0 saturated carbocycles. The Morgan fingerprint density at radius 2 is 2.12 bits per heavy atom. The molecule has 7 nitrogen and oxygen atoms in total. The number of carbonyl (C=O) groups is 2. The molecule has 0 bridgehead atoms. The first kappa shape index (κ1) is 18.8. The fourth-order valence-electron chi connectivity index (χ4n) is 2.97. The molecular formula is C17H20N4O3S2. The van der Waals surface area contributed by atoms with Crippen LogP contribution in [0.1, 0.15) is 25.5 Å². The van der Waals surface area contributed by atoms with E-state index in [2.05, 4.69) is 14.7 Å². The predicted molar refractivity (Wildman–Crippen MR) is 101 cm³/mol. The van der Waals surface area contributed by atoms with Gasteiger partial charge in [-0.2, -0.15) is 9.36 Å². The van der Waals surface area contributed by atoms with Gasteiger partial charge in [-0.15, -0.1) is 0 Å². The second-order valence-electron chi connectivity index (χ2n) is 6.06. The number of anilines is 1. The highest BCUT2D eigenvalue weighted by Gasteiger charge is 2.43. The Morgan fingerprint density at radius 1 is 1.38 bits per heavy atom. The molecule has 2 atom stereocenters. The summed E-state index contributed by atoms with van der Waals surface area (Å²) in [7, 11) is 0. The third kappa shape index (κ3) is 3.89. The third-order valence-electron chi connectivity index (χ3n) is 4.03. The van der Waals surface area contributed by atoms with E-state index in [4.69, 9.17) is 4.74 Å². The van der Waals surface area contributed by atoms with E-state index in [0.29, 0.717) is 0 Å². The zero-order chi connectivity index (χ0) is 18.7. The molecule has 1 N–H and O–H groups in total. The summed E-state index contributed by atoms with van der Waals surface area (Å²) in [5.74, 6) is -0.232. The smallest absolute Gasteiger partial charge is 0.258 e. The lowest BCUT2D eigenvalue weighted by Crippen LogP contribution is -2.55. The van der Waals surface area contributed by atoms with Crippen LogP contribution in [0.5, 0.6) is 0 Å². The summed E-state index contributed by atoms with van der Waals surface area (Å²) in [4.78, 5) is 31.2. The first-order valence-corrected chi connectivity index (χ1v) is 10.2. The molecule has 0 spiro atoms. The minimum Gasteiger partial charge on any atom is -0.356 e. The standard InChI is InChI=1S/C17H20N4O3S2/c1-10(2)21-12(22)9-24-14(13(21)11-7-5-4-6-8-11)15(23)18-16-19-17(25-3)26-20-16/h4-8,10,13-14H,9H2,1-3H3,(H,18,20,23)/t13-,14+/m1/s1. The largest absolute Gasteiger partial charge is 0.356 e. The van der Waals surface area contributed by atoms with Crippen molar-refractivity contribution in [3.05, 3.63) is 35.9 Å². The number of thioether (sulfide) groups is 1. The van der Waals surface area contributed by atoms with Gasteiger partial charge < -0.3 is 9.64 Å². The molecule has 2 aromatic rings. The molecule has 0 unspecified atom stereocenters. The number of benzene rings is 1. The van der Waals surface area contributed by atoms with E-state index < -0.39 is 12.1 Å². The van der Waals surface area contributed by atoms with Crippen molar-refractivity contribution < 1.29 is 14.3 Å². The molecule has 2 amide bonds. The fraction of sp³-hybridized carbons (Fsp3) is 0.412. The van der Waals surface area contributed by atoms with Gasteiger partial charge in [0.2, 0.25) is 11.9 Å². The van der Waals surface area contributed by atoms with E-state index in [9.17, 15) is 9.59 Å². The topological polar surface area (TPSA) is 84.4 Å². The minimum atomic E-state index is -0.835. The zero-order valence-electron chi connectivity index (χ0n) is 14.7. The van der Waals surface area contributed by atoms with Crippen LogP contribution in [0.2, 0.25) is 0 Å². The van der Waals surface area contributed by atoms with Crippen LogP contribution in [0.15, 0.2) is 34.7 Å². The van der Waals surface area contributed by atoms with Crippen LogP contribution in [0, 0.1) is 0 Å². The number of nitrogens with zero attached hydrogens (tertiary/aromatic N) is 3. The second-order valence-corrected chi connectivity index (χ2v) is 7.86. The summed E-state index contributed by atoms with van der Waals surface area (Å²) in [5.41, 5.74) is 0.852. The highest BCUT2D eigenvalue weighted by molar-refractivity contribution is 8.00. The van der Waals surface area contributed by atoms with Crippen LogP contribution < -0.4 is 5.32 Å².